The minimum Gasteiger partial charge on any atom is -0.454 e. The van der Waals surface area contributed by atoms with Gasteiger partial charge in [-0.2, -0.15) is 4.98 Å². The Hall–Kier alpha value is -2.01. The summed E-state index contributed by atoms with van der Waals surface area (Å²) in [6, 6.07) is 7.00. The average molecular weight is 251 g/mol. The van der Waals surface area contributed by atoms with Gasteiger partial charge in [-0.15, -0.1) is 0 Å². The lowest BCUT2D eigenvalue weighted by Gasteiger charge is -2.04. The van der Waals surface area contributed by atoms with Crippen molar-refractivity contribution in [3.05, 3.63) is 35.6 Å². The van der Waals surface area contributed by atoms with E-state index in [1.165, 1.54) is 6.20 Å². The van der Waals surface area contributed by atoms with Gasteiger partial charge in [-0.1, -0.05) is 11.6 Å². The molecule has 0 fully saturated rings. The van der Waals surface area contributed by atoms with Gasteiger partial charge in [0.25, 0.3) is 0 Å². The third kappa shape index (κ3) is 2.09. The first-order chi connectivity index (χ1) is 8.31. The van der Waals surface area contributed by atoms with Crippen molar-refractivity contribution in [3.63, 3.8) is 0 Å². The molecule has 2 aromatic rings. The third-order valence-corrected chi connectivity index (χ3v) is 2.36. The molecule has 0 spiro atoms. The number of rotatable bonds is 2. The molecule has 3 rings (SSSR count). The van der Waals surface area contributed by atoms with E-state index in [0.29, 0.717) is 22.4 Å². The van der Waals surface area contributed by atoms with Crippen LogP contribution in [0.15, 0.2) is 30.5 Å². The molecule has 86 valence electrons. The Labute approximate surface area is 102 Å². The molecule has 0 saturated carbocycles. The lowest BCUT2D eigenvalue weighted by molar-refractivity contribution is 0.174. The minimum atomic E-state index is 0.191. The second-order valence-corrected chi connectivity index (χ2v) is 3.67. The summed E-state index contributed by atoms with van der Waals surface area (Å²) in [4.78, 5) is 7.86. The zero-order valence-electron chi connectivity index (χ0n) is 8.59. The Morgan fingerprint density at radius 3 is 2.94 bits per heavy atom. The van der Waals surface area contributed by atoms with Gasteiger partial charge in [-0.05, 0) is 18.2 Å². The standard InChI is InChI=1S/C11H7ClN2O3/c12-10-3-4-13-11(14-10)17-7-1-2-8-9(5-7)16-6-15-8/h1-5H,6H2. The molecule has 6 heteroatoms. The highest BCUT2D eigenvalue weighted by atomic mass is 35.5. The first-order valence-corrected chi connectivity index (χ1v) is 5.25. The van der Waals surface area contributed by atoms with Gasteiger partial charge in [0.05, 0.1) is 0 Å². The van der Waals surface area contributed by atoms with Gasteiger partial charge in [-0.25, -0.2) is 4.98 Å². The van der Waals surface area contributed by atoms with Crippen molar-refractivity contribution in [2.45, 2.75) is 0 Å². The second-order valence-electron chi connectivity index (χ2n) is 3.28. The van der Waals surface area contributed by atoms with Crippen LogP contribution >= 0.6 is 11.6 Å². The van der Waals surface area contributed by atoms with Gasteiger partial charge in [0.15, 0.2) is 11.5 Å². The molecular weight excluding hydrogens is 244 g/mol. The summed E-state index contributed by atoms with van der Waals surface area (Å²) in [6.45, 7) is 0.229. The molecule has 0 atom stereocenters. The Bertz CT molecular complexity index is 562. The molecule has 1 aromatic heterocycles. The van der Waals surface area contributed by atoms with Gasteiger partial charge in [0.1, 0.15) is 10.9 Å². The minimum absolute atomic E-state index is 0.191. The monoisotopic (exact) mass is 250 g/mol. The largest absolute Gasteiger partial charge is 0.454 e. The van der Waals surface area contributed by atoms with E-state index in [4.69, 9.17) is 25.8 Å². The highest BCUT2D eigenvalue weighted by molar-refractivity contribution is 6.29. The van der Waals surface area contributed by atoms with Crippen LogP contribution in [-0.2, 0) is 0 Å². The molecule has 0 saturated heterocycles. The predicted molar refractivity (Wildman–Crippen MR) is 59.7 cm³/mol. The second kappa shape index (κ2) is 4.10. The molecule has 0 aliphatic carbocycles. The van der Waals surface area contributed by atoms with E-state index in [9.17, 15) is 0 Å². The first kappa shape index (κ1) is 10.2. The first-order valence-electron chi connectivity index (χ1n) is 4.87. The van der Waals surface area contributed by atoms with E-state index in [-0.39, 0.29) is 12.8 Å². The number of aromatic nitrogens is 2. The SMILES string of the molecule is Clc1ccnc(Oc2ccc3c(c2)OCO3)n1. The van der Waals surface area contributed by atoms with Crippen LogP contribution in [0.2, 0.25) is 5.15 Å². The predicted octanol–water partition coefficient (Wildman–Crippen LogP) is 2.65. The van der Waals surface area contributed by atoms with Crippen molar-refractivity contribution >= 4 is 11.6 Å². The summed E-state index contributed by atoms with van der Waals surface area (Å²) in [5.41, 5.74) is 0. The summed E-state index contributed by atoms with van der Waals surface area (Å²) in [5.74, 6) is 1.91. The maximum atomic E-state index is 5.73. The van der Waals surface area contributed by atoms with Crippen molar-refractivity contribution in [2.75, 3.05) is 6.79 Å². The average Bonchev–Trinajstić information content (AvgIpc) is 2.76. The number of hydrogen-bond acceptors (Lipinski definition) is 5. The van der Waals surface area contributed by atoms with Crippen LogP contribution in [0.4, 0.5) is 0 Å². The number of ether oxygens (including phenoxy) is 3. The fourth-order valence-corrected chi connectivity index (χ4v) is 1.54. The molecule has 0 amide bonds. The van der Waals surface area contributed by atoms with Crippen molar-refractivity contribution < 1.29 is 14.2 Å². The molecule has 0 radical (unpaired) electrons. The van der Waals surface area contributed by atoms with E-state index in [2.05, 4.69) is 9.97 Å². The molecule has 1 aliphatic rings. The van der Waals surface area contributed by atoms with Crippen molar-refractivity contribution in [3.8, 4) is 23.3 Å². The number of nitrogens with zero attached hydrogens (tertiary/aromatic N) is 2. The Morgan fingerprint density at radius 1 is 1.18 bits per heavy atom. The van der Waals surface area contributed by atoms with Crippen LogP contribution in [0.5, 0.6) is 23.3 Å². The summed E-state index contributed by atoms with van der Waals surface area (Å²) in [7, 11) is 0. The number of benzene rings is 1. The van der Waals surface area contributed by atoms with Gasteiger partial charge in [0, 0.05) is 12.3 Å². The molecule has 0 unspecified atom stereocenters. The van der Waals surface area contributed by atoms with Crippen LogP contribution in [0.3, 0.4) is 0 Å². The number of halogens is 1. The summed E-state index contributed by atoms with van der Waals surface area (Å²) in [5, 5.41) is 0.329. The van der Waals surface area contributed by atoms with Crippen LogP contribution in [0, 0.1) is 0 Å². The quantitative estimate of drug-likeness (QED) is 0.767. The molecular formula is C11H7ClN2O3. The zero-order valence-corrected chi connectivity index (χ0v) is 9.35. The highest BCUT2D eigenvalue weighted by Gasteiger charge is 2.14. The van der Waals surface area contributed by atoms with Gasteiger partial charge in [-0.3, -0.25) is 0 Å². The zero-order chi connectivity index (χ0) is 11.7. The number of fused-ring (bicyclic) bond motifs is 1. The Morgan fingerprint density at radius 2 is 2.06 bits per heavy atom. The molecule has 0 N–H and O–H groups in total. The molecule has 2 heterocycles. The van der Waals surface area contributed by atoms with Crippen molar-refractivity contribution in [1.82, 2.24) is 9.97 Å². The van der Waals surface area contributed by atoms with Crippen LogP contribution in [0.25, 0.3) is 0 Å². The fraction of sp³-hybridized carbons (Fsp3) is 0.0909. The normalized spacial score (nSPS) is 12.5. The molecule has 5 nitrogen and oxygen atoms in total. The lowest BCUT2D eigenvalue weighted by Crippen LogP contribution is -1.93. The van der Waals surface area contributed by atoms with E-state index < -0.39 is 0 Å². The van der Waals surface area contributed by atoms with Crippen LogP contribution in [0.1, 0.15) is 0 Å². The topological polar surface area (TPSA) is 53.5 Å². The van der Waals surface area contributed by atoms with Crippen LogP contribution in [-0.4, -0.2) is 16.8 Å². The van der Waals surface area contributed by atoms with Crippen LogP contribution < -0.4 is 14.2 Å². The van der Waals surface area contributed by atoms with Gasteiger partial charge >= 0.3 is 6.01 Å². The number of hydrogen-bond donors (Lipinski definition) is 0. The van der Waals surface area contributed by atoms with E-state index in [0.717, 1.165) is 0 Å². The van der Waals surface area contributed by atoms with Crippen molar-refractivity contribution in [2.24, 2.45) is 0 Å². The molecule has 17 heavy (non-hydrogen) atoms. The third-order valence-electron chi connectivity index (χ3n) is 2.15. The van der Waals surface area contributed by atoms with E-state index in [1.54, 1.807) is 24.3 Å². The van der Waals surface area contributed by atoms with E-state index in [1.807, 2.05) is 0 Å². The summed E-state index contributed by atoms with van der Waals surface area (Å²) >= 11 is 5.73. The maximum Gasteiger partial charge on any atom is 0.323 e. The Balaban J connectivity index is 1.86. The fourth-order valence-electron chi connectivity index (χ4n) is 1.41. The van der Waals surface area contributed by atoms with Crippen molar-refractivity contribution in [1.29, 1.82) is 0 Å². The summed E-state index contributed by atoms with van der Waals surface area (Å²) < 4.78 is 15.9. The lowest BCUT2D eigenvalue weighted by atomic mass is 10.3. The Kier molecular flexibility index (Phi) is 2.45. The highest BCUT2D eigenvalue weighted by Crippen LogP contribution is 2.36. The molecule has 1 aromatic carbocycles. The molecule has 1 aliphatic heterocycles. The maximum absolute atomic E-state index is 5.73. The summed E-state index contributed by atoms with van der Waals surface area (Å²) in [6.07, 6.45) is 1.53. The van der Waals surface area contributed by atoms with Gasteiger partial charge < -0.3 is 14.2 Å². The van der Waals surface area contributed by atoms with Gasteiger partial charge in [0.2, 0.25) is 6.79 Å². The van der Waals surface area contributed by atoms with E-state index >= 15 is 0 Å². The molecule has 0 bridgehead atoms. The smallest absolute Gasteiger partial charge is 0.323 e.